The van der Waals surface area contributed by atoms with Gasteiger partial charge in [0, 0.05) is 37.9 Å². The number of rotatable bonds is 5. The third-order valence-electron chi connectivity index (χ3n) is 10.3. The molecule has 30 heavy (non-hydrogen) atoms. The highest BCUT2D eigenvalue weighted by Crippen LogP contribution is 2.78. The summed E-state index contributed by atoms with van der Waals surface area (Å²) in [4.78, 5) is 12.5. The van der Waals surface area contributed by atoms with E-state index in [2.05, 4.69) is 12.1 Å². The molecule has 5 heteroatoms. The molecule has 166 valence electrons. The van der Waals surface area contributed by atoms with Crippen LogP contribution >= 0.6 is 0 Å². The quantitative estimate of drug-likeness (QED) is 0.384. The molecule has 3 fully saturated rings. The van der Waals surface area contributed by atoms with Gasteiger partial charge in [0.25, 0.3) is 0 Å². The maximum atomic E-state index is 12.5. The molecule has 0 bridgehead atoms. The SMILES string of the molecule is COC1(OC)CCC2=C(CCC3C2CCC2(C)C3CC3(CC3)C2(/C=C\CO)N=O)C1. The van der Waals surface area contributed by atoms with Crippen LogP contribution in [0.2, 0.25) is 0 Å². The van der Waals surface area contributed by atoms with Crippen LogP contribution < -0.4 is 0 Å². The zero-order valence-corrected chi connectivity index (χ0v) is 18.8. The lowest BCUT2D eigenvalue weighted by molar-refractivity contribution is -0.213. The molecule has 0 aromatic heterocycles. The Kier molecular flexibility index (Phi) is 4.85. The molecule has 0 saturated heterocycles. The minimum absolute atomic E-state index is 0.0167. The molecule has 0 aromatic rings. The predicted molar refractivity (Wildman–Crippen MR) is 116 cm³/mol. The summed E-state index contributed by atoms with van der Waals surface area (Å²) in [5.74, 6) is 1.42. The van der Waals surface area contributed by atoms with Crippen LogP contribution in [0, 0.1) is 33.5 Å². The average Bonchev–Trinajstić information content (AvgIpc) is 3.52. The topological polar surface area (TPSA) is 68.1 Å². The molecule has 5 aliphatic rings. The maximum Gasteiger partial charge on any atom is 0.171 e. The lowest BCUT2D eigenvalue weighted by Crippen LogP contribution is -2.52. The fraction of sp³-hybridized carbons (Fsp3) is 0.840. The number of aliphatic hydroxyl groups excluding tert-OH is 1. The van der Waals surface area contributed by atoms with Gasteiger partial charge in [0.1, 0.15) is 5.54 Å². The standard InChI is InChI=1S/C25H37NO4/c1-22-10-7-19-18-8-11-24(29-2,30-3)15-17(18)5-6-20(19)21(22)16-23(12-13-23)25(22,26-28)9-4-14-27/h4,9,19-21,27H,5-8,10-16H2,1-3H3/b9-4-. The minimum Gasteiger partial charge on any atom is -0.392 e. The summed E-state index contributed by atoms with van der Waals surface area (Å²) in [6.45, 7) is 2.33. The zero-order chi connectivity index (χ0) is 21.2. The third-order valence-corrected chi connectivity index (χ3v) is 10.3. The van der Waals surface area contributed by atoms with Gasteiger partial charge in [-0.2, -0.15) is 0 Å². The van der Waals surface area contributed by atoms with Crippen molar-refractivity contribution in [1.29, 1.82) is 0 Å². The van der Waals surface area contributed by atoms with Crippen molar-refractivity contribution < 1.29 is 14.6 Å². The van der Waals surface area contributed by atoms with E-state index in [4.69, 9.17) is 9.47 Å². The summed E-state index contributed by atoms with van der Waals surface area (Å²) >= 11 is 0. The van der Waals surface area contributed by atoms with E-state index in [1.807, 2.05) is 6.08 Å². The first kappa shape index (κ1) is 20.8. The van der Waals surface area contributed by atoms with Crippen molar-refractivity contribution in [3.05, 3.63) is 28.2 Å². The van der Waals surface area contributed by atoms with E-state index in [9.17, 15) is 10.0 Å². The predicted octanol–water partition coefficient (Wildman–Crippen LogP) is 5.14. The molecule has 5 nitrogen and oxygen atoms in total. The van der Waals surface area contributed by atoms with Gasteiger partial charge in [-0.05, 0) is 69.1 Å². The van der Waals surface area contributed by atoms with Gasteiger partial charge in [-0.15, -0.1) is 4.91 Å². The summed E-state index contributed by atoms with van der Waals surface area (Å²) in [5, 5.41) is 13.3. The molecule has 5 aliphatic carbocycles. The smallest absolute Gasteiger partial charge is 0.171 e. The highest BCUT2D eigenvalue weighted by atomic mass is 16.7. The van der Waals surface area contributed by atoms with E-state index >= 15 is 0 Å². The van der Waals surface area contributed by atoms with Crippen LogP contribution in [-0.2, 0) is 9.47 Å². The van der Waals surface area contributed by atoms with Crippen LogP contribution in [0.5, 0.6) is 0 Å². The third kappa shape index (κ3) is 2.52. The van der Waals surface area contributed by atoms with E-state index in [-0.39, 0.29) is 17.4 Å². The molecule has 5 rings (SSSR count). The average molecular weight is 416 g/mol. The summed E-state index contributed by atoms with van der Waals surface area (Å²) in [6.07, 6.45) is 14.6. The lowest BCUT2D eigenvalue weighted by atomic mass is 9.51. The highest BCUT2D eigenvalue weighted by Gasteiger charge is 2.76. The van der Waals surface area contributed by atoms with Crippen LogP contribution in [0.1, 0.15) is 71.1 Å². The van der Waals surface area contributed by atoms with Crippen molar-refractivity contribution in [3.63, 3.8) is 0 Å². The highest BCUT2D eigenvalue weighted by molar-refractivity contribution is 5.36. The Hall–Kier alpha value is -1.04. The Morgan fingerprint density at radius 3 is 2.53 bits per heavy atom. The van der Waals surface area contributed by atoms with Crippen molar-refractivity contribution >= 4 is 0 Å². The van der Waals surface area contributed by atoms with Crippen molar-refractivity contribution in [2.75, 3.05) is 20.8 Å². The van der Waals surface area contributed by atoms with E-state index in [1.165, 1.54) is 6.42 Å². The second-order valence-electron chi connectivity index (χ2n) is 10.9. The molecule has 0 amide bonds. The molecule has 5 atom stereocenters. The van der Waals surface area contributed by atoms with Crippen LogP contribution in [0.15, 0.2) is 28.5 Å². The molecule has 0 aromatic carbocycles. The van der Waals surface area contributed by atoms with Crippen LogP contribution in [0.3, 0.4) is 0 Å². The van der Waals surface area contributed by atoms with E-state index < -0.39 is 11.3 Å². The summed E-state index contributed by atoms with van der Waals surface area (Å²) < 4.78 is 11.6. The number of fused-ring (bicyclic) bond motifs is 4. The Bertz CT molecular complexity index is 780. The fourth-order valence-electron chi connectivity index (χ4n) is 8.53. The monoisotopic (exact) mass is 415 g/mol. The second-order valence-corrected chi connectivity index (χ2v) is 10.9. The Labute approximate surface area is 180 Å². The number of hydrogen-bond acceptors (Lipinski definition) is 5. The van der Waals surface area contributed by atoms with Crippen LogP contribution in [0.4, 0.5) is 0 Å². The Balaban J connectivity index is 1.48. The number of aliphatic hydroxyl groups is 1. The number of nitroso groups, excluding NO2 is 1. The van der Waals surface area contributed by atoms with E-state index in [0.29, 0.717) is 17.8 Å². The number of methoxy groups -OCH3 is 2. The van der Waals surface area contributed by atoms with Crippen LogP contribution in [-0.4, -0.2) is 37.3 Å². The summed E-state index contributed by atoms with van der Waals surface area (Å²) in [5.41, 5.74) is 2.57. The second kappa shape index (κ2) is 6.98. The van der Waals surface area contributed by atoms with Gasteiger partial charge in [0.2, 0.25) is 0 Å². The van der Waals surface area contributed by atoms with Gasteiger partial charge in [-0.3, -0.25) is 0 Å². The van der Waals surface area contributed by atoms with Crippen LogP contribution in [0.25, 0.3) is 0 Å². The van der Waals surface area contributed by atoms with Gasteiger partial charge in [-0.1, -0.05) is 35.4 Å². The molecule has 3 saturated carbocycles. The molecular weight excluding hydrogens is 378 g/mol. The Morgan fingerprint density at radius 1 is 1.13 bits per heavy atom. The molecule has 0 radical (unpaired) electrons. The normalized spacial score (nSPS) is 43.4. The number of nitrogens with zero attached hydrogens (tertiary/aromatic N) is 1. The number of allylic oxidation sites excluding steroid dienone is 1. The first-order chi connectivity index (χ1) is 14.4. The van der Waals surface area contributed by atoms with Crippen molar-refractivity contribution in [3.8, 4) is 0 Å². The summed E-state index contributed by atoms with van der Waals surface area (Å²) in [6, 6.07) is 0. The molecule has 0 aliphatic heterocycles. The molecule has 1 N–H and O–H groups in total. The first-order valence-corrected chi connectivity index (χ1v) is 11.9. The minimum atomic E-state index is -0.638. The van der Waals surface area contributed by atoms with Crippen molar-refractivity contribution in [1.82, 2.24) is 0 Å². The molecule has 5 unspecified atom stereocenters. The van der Waals surface area contributed by atoms with Gasteiger partial charge in [0.15, 0.2) is 5.79 Å². The molecule has 0 heterocycles. The van der Waals surface area contributed by atoms with Crippen molar-refractivity contribution in [2.24, 2.45) is 33.8 Å². The fourth-order valence-corrected chi connectivity index (χ4v) is 8.53. The maximum absolute atomic E-state index is 12.5. The van der Waals surface area contributed by atoms with Gasteiger partial charge >= 0.3 is 0 Å². The van der Waals surface area contributed by atoms with Crippen molar-refractivity contribution in [2.45, 2.75) is 82.5 Å². The first-order valence-electron chi connectivity index (χ1n) is 11.9. The largest absolute Gasteiger partial charge is 0.392 e. The van der Waals surface area contributed by atoms with Gasteiger partial charge in [0.05, 0.1) is 6.61 Å². The lowest BCUT2D eigenvalue weighted by Gasteiger charge is -2.54. The van der Waals surface area contributed by atoms with E-state index in [0.717, 1.165) is 57.8 Å². The Morgan fingerprint density at radius 2 is 1.90 bits per heavy atom. The zero-order valence-electron chi connectivity index (χ0n) is 18.8. The van der Waals surface area contributed by atoms with Gasteiger partial charge < -0.3 is 14.6 Å². The summed E-state index contributed by atoms with van der Waals surface area (Å²) in [7, 11) is 3.54. The van der Waals surface area contributed by atoms with Gasteiger partial charge in [-0.25, -0.2) is 0 Å². The van der Waals surface area contributed by atoms with E-state index in [1.54, 1.807) is 31.4 Å². The number of hydrogen-bond donors (Lipinski definition) is 1. The molecular formula is C25H37NO4. The number of ether oxygens (including phenoxy) is 2. The molecule has 1 spiro atoms.